The molecule has 1 aliphatic carbocycles. The number of benzene rings is 1. The average molecular weight is 301 g/mol. The van der Waals surface area contributed by atoms with Gasteiger partial charge in [-0.3, -0.25) is 0 Å². The topological polar surface area (TPSA) is 32.3 Å². The van der Waals surface area contributed by atoms with E-state index >= 15 is 0 Å². The average Bonchev–Trinajstić information content (AvgIpc) is 2.93. The van der Waals surface area contributed by atoms with Crippen LogP contribution in [0.1, 0.15) is 46.7 Å². The van der Waals surface area contributed by atoms with Crippen LogP contribution in [0, 0.1) is 0 Å². The summed E-state index contributed by atoms with van der Waals surface area (Å²) in [5.41, 5.74) is 2.85. The third kappa shape index (κ3) is 3.66. The summed E-state index contributed by atoms with van der Waals surface area (Å²) in [5, 5.41) is 12.9. The van der Waals surface area contributed by atoms with Gasteiger partial charge in [0.15, 0.2) is 0 Å². The van der Waals surface area contributed by atoms with Gasteiger partial charge >= 0.3 is 0 Å². The zero-order valence-corrected chi connectivity index (χ0v) is 13.4. The molecule has 0 spiro atoms. The van der Waals surface area contributed by atoms with Gasteiger partial charge in [0.05, 0.1) is 0 Å². The summed E-state index contributed by atoms with van der Waals surface area (Å²) in [4.78, 5) is 3.09. The highest BCUT2D eigenvalue weighted by Gasteiger charge is 2.16. The fourth-order valence-electron chi connectivity index (χ4n) is 2.92. The lowest BCUT2D eigenvalue weighted by Gasteiger charge is -2.12. The first-order chi connectivity index (χ1) is 10.2. The third-order valence-corrected chi connectivity index (χ3v) is 5.66. The van der Waals surface area contributed by atoms with Crippen molar-refractivity contribution in [1.82, 2.24) is 5.32 Å². The lowest BCUT2D eigenvalue weighted by Crippen LogP contribution is -2.20. The van der Waals surface area contributed by atoms with Crippen LogP contribution in [0.2, 0.25) is 0 Å². The molecule has 2 nitrogen and oxygen atoms in total. The minimum atomic E-state index is 0.337. The number of aryl methyl sites for hydroxylation is 2. The maximum Gasteiger partial charge on any atom is 0.115 e. The Labute approximate surface area is 130 Å². The molecule has 1 unspecified atom stereocenters. The molecule has 0 amide bonds. The van der Waals surface area contributed by atoms with Gasteiger partial charge < -0.3 is 10.4 Å². The molecular formula is C18H23NOS. The Morgan fingerprint density at radius 3 is 2.71 bits per heavy atom. The fourth-order valence-corrected chi connectivity index (χ4v) is 4.21. The minimum Gasteiger partial charge on any atom is -0.508 e. The van der Waals surface area contributed by atoms with E-state index in [9.17, 15) is 5.11 Å². The van der Waals surface area contributed by atoms with Crippen LogP contribution in [-0.2, 0) is 19.3 Å². The summed E-state index contributed by atoms with van der Waals surface area (Å²) in [5.74, 6) is 0.337. The molecule has 1 heterocycles. The van der Waals surface area contributed by atoms with Crippen LogP contribution >= 0.6 is 11.3 Å². The molecule has 1 aliphatic rings. The Balaban J connectivity index is 1.53. The Bertz CT molecular complexity index is 564. The lowest BCUT2D eigenvalue weighted by molar-refractivity contribution is 0.475. The largest absolute Gasteiger partial charge is 0.508 e. The van der Waals surface area contributed by atoms with Gasteiger partial charge in [-0.2, -0.15) is 0 Å². The molecule has 1 atom stereocenters. The van der Waals surface area contributed by atoms with Crippen LogP contribution in [-0.4, -0.2) is 11.7 Å². The van der Waals surface area contributed by atoms with E-state index in [0.29, 0.717) is 11.8 Å². The van der Waals surface area contributed by atoms with Crippen LogP contribution in [0.25, 0.3) is 0 Å². The third-order valence-electron chi connectivity index (χ3n) is 4.24. The SMILES string of the molecule is CC(NCCc1ccc(O)cc1)c1cc2c(s1)CCCC2. The maximum absolute atomic E-state index is 9.28. The second-order valence-corrected chi connectivity index (χ2v) is 7.06. The first-order valence-electron chi connectivity index (χ1n) is 7.85. The lowest BCUT2D eigenvalue weighted by atomic mass is 9.99. The monoisotopic (exact) mass is 301 g/mol. The minimum absolute atomic E-state index is 0.337. The predicted molar refractivity (Wildman–Crippen MR) is 89.2 cm³/mol. The summed E-state index contributed by atoms with van der Waals surface area (Å²) in [6.07, 6.45) is 6.25. The van der Waals surface area contributed by atoms with Crippen molar-refractivity contribution in [3.63, 3.8) is 0 Å². The van der Waals surface area contributed by atoms with Crippen molar-refractivity contribution in [3.8, 4) is 5.75 Å². The number of phenolic OH excluding ortho intramolecular Hbond substituents is 1. The quantitative estimate of drug-likeness (QED) is 0.866. The molecule has 2 N–H and O–H groups in total. The molecular weight excluding hydrogens is 278 g/mol. The number of nitrogens with one attached hydrogen (secondary N) is 1. The van der Waals surface area contributed by atoms with E-state index < -0.39 is 0 Å². The molecule has 2 aromatic rings. The molecule has 112 valence electrons. The predicted octanol–water partition coefficient (Wildman–Crippen LogP) is 4.23. The van der Waals surface area contributed by atoms with Crippen LogP contribution in [0.5, 0.6) is 5.75 Å². The van der Waals surface area contributed by atoms with Gasteiger partial charge in [0.25, 0.3) is 0 Å². The van der Waals surface area contributed by atoms with E-state index in [0.717, 1.165) is 13.0 Å². The van der Waals surface area contributed by atoms with E-state index in [4.69, 9.17) is 0 Å². The molecule has 0 saturated heterocycles. The van der Waals surface area contributed by atoms with Gasteiger partial charge in [0, 0.05) is 15.8 Å². The molecule has 0 bridgehead atoms. The molecule has 1 aromatic heterocycles. The van der Waals surface area contributed by atoms with Gasteiger partial charge in [-0.1, -0.05) is 12.1 Å². The van der Waals surface area contributed by atoms with Gasteiger partial charge in [0.1, 0.15) is 5.75 Å². The van der Waals surface area contributed by atoms with Gasteiger partial charge in [0.2, 0.25) is 0 Å². The Hall–Kier alpha value is -1.32. The summed E-state index contributed by atoms with van der Waals surface area (Å²) in [6.45, 7) is 3.22. The summed E-state index contributed by atoms with van der Waals surface area (Å²) in [7, 11) is 0. The van der Waals surface area contributed by atoms with Crippen LogP contribution in [0.4, 0.5) is 0 Å². The number of hydrogen-bond donors (Lipinski definition) is 2. The summed E-state index contributed by atoms with van der Waals surface area (Å²) in [6, 6.07) is 10.3. The van der Waals surface area contributed by atoms with Crippen molar-refractivity contribution in [1.29, 1.82) is 0 Å². The number of thiophene rings is 1. The Morgan fingerprint density at radius 1 is 1.19 bits per heavy atom. The number of rotatable bonds is 5. The molecule has 3 rings (SSSR count). The smallest absolute Gasteiger partial charge is 0.115 e. The first kappa shape index (κ1) is 14.6. The molecule has 3 heteroatoms. The normalized spacial score (nSPS) is 15.7. The first-order valence-corrected chi connectivity index (χ1v) is 8.67. The van der Waals surface area contributed by atoms with E-state index in [1.54, 1.807) is 22.6 Å². The summed E-state index contributed by atoms with van der Waals surface area (Å²) < 4.78 is 0. The molecule has 0 radical (unpaired) electrons. The van der Waals surface area contributed by atoms with E-state index in [1.807, 2.05) is 23.5 Å². The second-order valence-electron chi connectivity index (χ2n) is 5.90. The highest BCUT2D eigenvalue weighted by atomic mass is 32.1. The number of fused-ring (bicyclic) bond motifs is 1. The highest BCUT2D eigenvalue weighted by Crippen LogP contribution is 2.32. The van der Waals surface area contributed by atoms with Crippen LogP contribution in [0.3, 0.4) is 0 Å². The van der Waals surface area contributed by atoms with Crippen LogP contribution < -0.4 is 5.32 Å². The Kier molecular flexibility index (Phi) is 4.61. The van der Waals surface area contributed by atoms with Gasteiger partial charge in [-0.05, 0) is 74.9 Å². The van der Waals surface area contributed by atoms with Crippen molar-refractivity contribution in [2.75, 3.05) is 6.54 Å². The molecule has 0 aliphatic heterocycles. The van der Waals surface area contributed by atoms with E-state index in [-0.39, 0.29) is 0 Å². The van der Waals surface area contributed by atoms with Crippen molar-refractivity contribution < 1.29 is 5.11 Å². The molecule has 0 saturated carbocycles. The molecule has 1 aromatic carbocycles. The number of hydrogen-bond acceptors (Lipinski definition) is 3. The second kappa shape index (κ2) is 6.63. The standard InChI is InChI=1S/C18H23NOS/c1-13(18-12-15-4-2-3-5-17(15)21-18)19-11-10-14-6-8-16(20)9-7-14/h6-9,12-13,19-20H,2-5,10-11H2,1H3. The van der Waals surface area contributed by atoms with Crippen LogP contribution in [0.15, 0.2) is 30.3 Å². The van der Waals surface area contributed by atoms with Crippen molar-refractivity contribution in [2.45, 2.75) is 45.1 Å². The van der Waals surface area contributed by atoms with Gasteiger partial charge in [-0.25, -0.2) is 0 Å². The maximum atomic E-state index is 9.28. The molecule has 21 heavy (non-hydrogen) atoms. The van der Waals surface area contributed by atoms with Crippen molar-refractivity contribution in [2.24, 2.45) is 0 Å². The van der Waals surface area contributed by atoms with E-state index in [2.05, 4.69) is 18.3 Å². The Morgan fingerprint density at radius 2 is 1.95 bits per heavy atom. The van der Waals surface area contributed by atoms with Crippen molar-refractivity contribution >= 4 is 11.3 Å². The highest BCUT2D eigenvalue weighted by molar-refractivity contribution is 7.12. The summed E-state index contributed by atoms with van der Waals surface area (Å²) >= 11 is 2.00. The number of aromatic hydroxyl groups is 1. The number of phenols is 1. The molecule has 0 fully saturated rings. The van der Waals surface area contributed by atoms with Crippen molar-refractivity contribution in [3.05, 3.63) is 51.2 Å². The van der Waals surface area contributed by atoms with Gasteiger partial charge in [-0.15, -0.1) is 11.3 Å². The zero-order valence-electron chi connectivity index (χ0n) is 12.6. The fraction of sp³-hybridized carbons (Fsp3) is 0.444. The van der Waals surface area contributed by atoms with E-state index in [1.165, 1.54) is 36.1 Å². The zero-order chi connectivity index (χ0) is 14.7.